The maximum absolute atomic E-state index is 13.0. The van der Waals surface area contributed by atoms with E-state index < -0.39 is 6.04 Å². The molecular formula is C21H18N6O2S. The number of hydrogen-bond donors (Lipinski definition) is 1. The summed E-state index contributed by atoms with van der Waals surface area (Å²) in [4.78, 5) is 17.6. The van der Waals surface area contributed by atoms with E-state index in [4.69, 9.17) is 4.74 Å². The number of hydrogen-bond acceptors (Lipinski definition) is 7. The van der Waals surface area contributed by atoms with Crippen LogP contribution in [0.5, 0.6) is 5.75 Å². The van der Waals surface area contributed by atoms with Gasteiger partial charge >= 0.3 is 0 Å². The molecule has 2 aromatic carbocycles. The maximum Gasteiger partial charge on any atom is 0.251 e. The van der Waals surface area contributed by atoms with Crippen LogP contribution in [-0.2, 0) is 17.6 Å². The molecule has 0 radical (unpaired) electrons. The van der Waals surface area contributed by atoms with Gasteiger partial charge in [-0.05, 0) is 39.8 Å². The van der Waals surface area contributed by atoms with E-state index in [0.717, 1.165) is 35.6 Å². The van der Waals surface area contributed by atoms with E-state index in [1.54, 1.807) is 0 Å². The summed E-state index contributed by atoms with van der Waals surface area (Å²) in [5.41, 5.74) is 4.05. The summed E-state index contributed by atoms with van der Waals surface area (Å²) in [5, 5.41) is 16.7. The lowest BCUT2D eigenvalue weighted by molar-refractivity contribution is -0.119. The molecule has 1 amide bonds. The van der Waals surface area contributed by atoms with E-state index in [1.807, 2.05) is 47.8 Å². The predicted octanol–water partition coefficient (Wildman–Crippen LogP) is 3.15. The Bertz CT molecular complexity index is 1160. The fraction of sp³-hybridized carbons (Fsp3) is 0.190. The van der Waals surface area contributed by atoms with Crippen molar-refractivity contribution in [1.29, 1.82) is 0 Å². The highest BCUT2D eigenvalue weighted by molar-refractivity contribution is 7.14. The van der Waals surface area contributed by atoms with E-state index in [0.29, 0.717) is 11.6 Å². The van der Waals surface area contributed by atoms with Crippen molar-refractivity contribution in [2.24, 2.45) is 0 Å². The fourth-order valence-corrected chi connectivity index (χ4v) is 4.18. The molecule has 1 aliphatic rings. The molecule has 0 aliphatic carbocycles. The van der Waals surface area contributed by atoms with Crippen LogP contribution in [0.25, 0.3) is 11.3 Å². The number of benzene rings is 2. The van der Waals surface area contributed by atoms with Crippen LogP contribution in [0.3, 0.4) is 0 Å². The second-order valence-electron chi connectivity index (χ2n) is 6.94. The predicted molar refractivity (Wildman–Crippen MR) is 112 cm³/mol. The molecule has 4 aromatic rings. The SMILES string of the molecule is O=C(Nc1nc(-c2ccc3c(c2)CCO3)cs1)C(Cc1ccccc1)n1cnnn1. The zero-order chi connectivity index (χ0) is 20.3. The molecule has 2 aromatic heterocycles. The Balaban J connectivity index is 1.34. The Morgan fingerprint density at radius 1 is 1.23 bits per heavy atom. The number of carbonyl (C=O) groups is 1. The second-order valence-corrected chi connectivity index (χ2v) is 7.80. The molecule has 0 saturated heterocycles. The van der Waals surface area contributed by atoms with Gasteiger partial charge in [-0.25, -0.2) is 9.67 Å². The molecule has 9 heteroatoms. The molecule has 1 unspecified atom stereocenters. The average Bonchev–Trinajstić information content (AvgIpc) is 3.53. The molecule has 0 saturated carbocycles. The number of aromatic nitrogens is 5. The Kier molecular flexibility index (Phi) is 4.94. The van der Waals surface area contributed by atoms with Crippen LogP contribution in [-0.4, -0.2) is 37.7 Å². The van der Waals surface area contributed by atoms with Crippen LogP contribution in [0.2, 0.25) is 0 Å². The number of rotatable bonds is 6. The third-order valence-electron chi connectivity index (χ3n) is 4.98. The first-order chi connectivity index (χ1) is 14.8. The maximum atomic E-state index is 13.0. The third kappa shape index (κ3) is 3.79. The summed E-state index contributed by atoms with van der Waals surface area (Å²) < 4.78 is 7.03. The summed E-state index contributed by atoms with van der Waals surface area (Å²) >= 11 is 1.39. The van der Waals surface area contributed by atoms with Crippen LogP contribution in [0.4, 0.5) is 5.13 Å². The van der Waals surface area contributed by atoms with Gasteiger partial charge in [0, 0.05) is 23.8 Å². The van der Waals surface area contributed by atoms with E-state index >= 15 is 0 Å². The largest absolute Gasteiger partial charge is 0.493 e. The minimum absolute atomic E-state index is 0.214. The van der Waals surface area contributed by atoms with E-state index in [2.05, 4.69) is 31.9 Å². The first kappa shape index (κ1) is 18.4. The Hall–Kier alpha value is -3.59. The van der Waals surface area contributed by atoms with Crippen molar-refractivity contribution in [2.45, 2.75) is 18.9 Å². The zero-order valence-electron chi connectivity index (χ0n) is 15.9. The van der Waals surface area contributed by atoms with E-state index in [1.165, 1.54) is 27.9 Å². The molecule has 30 heavy (non-hydrogen) atoms. The highest BCUT2D eigenvalue weighted by atomic mass is 32.1. The summed E-state index contributed by atoms with van der Waals surface area (Å²) in [7, 11) is 0. The van der Waals surface area contributed by atoms with Crippen molar-refractivity contribution >= 4 is 22.4 Å². The lowest BCUT2D eigenvalue weighted by atomic mass is 10.1. The number of nitrogens with one attached hydrogen (secondary N) is 1. The number of anilines is 1. The minimum Gasteiger partial charge on any atom is -0.493 e. The zero-order valence-corrected chi connectivity index (χ0v) is 16.7. The summed E-state index contributed by atoms with van der Waals surface area (Å²) in [6.45, 7) is 0.719. The van der Waals surface area contributed by atoms with Crippen LogP contribution < -0.4 is 10.1 Å². The van der Waals surface area contributed by atoms with Gasteiger partial charge in [-0.2, -0.15) is 0 Å². The van der Waals surface area contributed by atoms with Gasteiger partial charge < -0.3 is 10.1 Å². The fourth-order valence-electron chi connectivity index (χ4n) is 3.45. The molecular weight excluding hydrogens is 400 g/mol. The number of amides is 1. The van der Waals surface area contributed by atoms with Gasteiger partial charge in [-0.1, -0.05) is 30.3 Å². The minimum atomic E-state index is -0.577. The van der Waals surface area contributed by atoms with Gasteiger partial charge in [0.05, 0.1) is 12.3 Å². The average molecular weight is 418 g/mol. The van der Waals surface area contributed by atoms with Crippen LogP contribution in [0, 0.1) is 0 Å². The summed E-state index contributed by atoms with van der Waals surface area (Å²) in [5.74, 6) is 0.724. The van der Waals surface area contributed by atoms with Gasteiger partial charge in [0.15, 0.2) is 5.13 Å². The smallest absolute Gasteiger partial charge is 0.251 e. The summed E-state index contributed by atoms with van der Waals surface area (Å²) in [6, 6.07) is 15.3. The number of tetrazole rings is 1. The molecule has 0 bridgehead atoms. The van der Waals surface area contributed by atoms with Gasteiger partial charge in [-0.3, -0.25) is 4.79 Å². The summed E-state index contributed by atoms with van der Waals surface area (Å²) in [6.07, 6.45) is 2.83. The monoisotopic (exact) mass is 418 g/mol. The molecule has 8 nitrogen and oxygen atoms in total. The molecule has 1 aliphatic heterocycles. The third-order valence-corrected chi connectivity index (χ3v) is 5.74. The Morgan fingerprint density at radius 2 is 2.13 bits per heavy atom. The number of fused-ring (bicyclic) bond motifs is 1. The van der Waals surface area contributed by atoms with Crippen LogP contribution in [0.15, 0.2) is 60.2 Å². The molecule has 0 fully saturated rings. The van der Waals surface area contributed by atoms with Crippen LogP contribution >= 0.6 is 11.3 Å². The van der Waals surface area contributed by atoms with Gasteiger partial charge in [-0.15, -0.1) is 16.4 Å². The number of nitrogens with zero attached hydrogens (tertiary/aromatic N) is 5. The number of ether oxygens (including phenoxy) is 1. The molecule has 5 rings (SSSR count). The molecule has 0 spiro atoms. The molecule has 150 valence electrons. The topological polar surface area (TPSA) is 94.8 Å². The Labute approximate surface area is 176 Å². The van der Waals surface area contributed by atoms with E-state index in [9.17, 15) is 4.79 Å². The van der Waals surface area contributed by atoms with Crippen molar-refractivity contribution in [1.82, 2.24) is 25.2 Å². The van der Waals surface area contributed by atoms with Gasteiger partial charge in [0.25, 0.3) is 5.91 Å². The first-order valence-corrected chi connectivity index (χ1v) is 10.4. The number of carbonyl (C=O) groups excluding carboxylic acids is 1. The van der Waals surface area contributed by atoms with E-state index in [-0.39, 0.29) is 5.91 Å². The van der Waals surface area contributed by atoms with Crippen molar-refractivity contribution in [2.75, 3.05) is 11.9 Å². The molecule has 1 atom stereocenters. The second kappa shape index (κ2) is 8.03. The molecule has 1 N–H and O–H groups in total. The molecule has 3 heterocycles. The van der Waals surface area contributed by atoms with Crippen molar-refractivity contribution < 1.29 is 9.53 Å². The van der Waals surface area contributed by atoms with Crippen molar-refractivity contribution in [3.8, 4) is 17.0 Å². The highest BCUT2D eigenvalue weighted by Gasteiger charge is 2.23. The normalized spacial score (nSPS) is 13.5. The lowest BCUT2D eigenvalue weighted by Crippen LogP contribution is -2.28. The van der Waals surface area contributed by atoms with Crippen molar-refractivity contribution in [3.05, 3.63) is 71.4 Å². The quantitative estimate of drug-likeness (QED) is 0.517. The van der Waals surface area contributed by atoms with Gasteiger partial charge in [0.1, 0.15) is 18.1 Å². The Morgan fingerprint density at radius 3 is 2.97 bits per heavy atom. The van der Waals surface area contributed by atoms with Gasteiger partial charge in [0.2, 0.25) is 0 Å². The van der Waals surface area contributed by atoms with Crippen LogP contribution in [0.1, 0.15) is 17.2 Å². The highest BCUT2D eigenvalue weighted by Crippen LogP contribution is 2.32. The standard InChI is InChI=1S/C21H18N6O2S/c28-20(18(27-13-22-25-26-27)10-14-4-2-1-3-5-14)24-21-23-17(12-30-21)15-6-7-19-16(11-15)8-9-29-19/h1-7,11-13,18H,8-10H2,(H,23,24,28). The lowest BCUT2D eigenvalue weighted by Gasteiger charge is -2.15. The van der Waals surface area contributed by atoms with Crippen molar-refractivity contribution in [3.63, 3.8) is 0 Å². The first-order valence-electron chi connectivity index (χ1n) is 9.55. The number of thiazole rings is 1.